The molecule has 20 heavy (non-hydrogen) atoms. The lowest BCUT2D eigenvalue weighted by Gasteiger charge is -2.28. The van der Waals surface area contributed by atoms with Crippen LogP contribution < -0.4 is 5.32 Å². The number of alkyl carbamates (subject to hydrolysis) is 1. The van der Waals surface area contributed by atoms with Crippen molar-refractivity contribution >= 4 is 12.0 Å². The molecule has 0 aromatic heterocycles. The first-order valence-electron chi connectivity index (χ1n) is 7.60. The molecule has 0 aromatic carbocycles. The third-order valence-corrected chi connectivity index (χ3v) is 4.05. The molecule has 1 heterocycles. The van der Waals surface area contributed by atoms with Crippen molar-refractivity contribution in [3.63, 3.8) is 0 Å². The van der Waals surface area contributed by atoms with Gasteiger partial charge in [0.2, 0.25) is 5.91 Å². The van der Waals surface area contributed by atoms with Crippen LogP contribution in [0.15, 0.2) is 0 Å². The Labute approximate surface area is 123 Å². The lowest BCUT2D eigenvalue weighted by molar-refractivity contribution is -0.134. The van der Waals surface area contributed by atoms with E-state index >= 15 is 0 Å². The summed E-state index contributed by atoms with van der Waals surface area (Å²) in [4.78, 5) is 26.2. The van der Waals surface area contributed by atoms with Crippen LogP contribution in [0.5, 0.6) is 0 Å². The monoisotopic (exact) mass is 286 g/mol. The molecule has 2 atom stereocenters. The molecule has 1 unspecified atom stereocenters. The van der Waals surface area contributed by atoms with Gasteiger partial charge >= 0.3 is 6.09 Å². The van der Waals surface area contributed by atoms with Crippen LogP contribution >= 0.6 is 0 Å². The fourth-order valence-corrected chi connectivity index (χ4v) is 2.29. The number of likely N-dealkylation sites (tertiary alicyclic amines) is 1. The summed E-state index contributed by atoms with van der Waals surface area (Å²) >= 11 is 0. The van der Waals surface area contributed by atoms with Gasteiger partial charge < -0.3 is 15.0 Å². The highest BCUT2D eigenvalue weighted by Gasteiger charge is 2.31. The number of amides is 2. The topological polar surface area (TPSA) is 58.6 Å². The zero-order chi connectivity index (χ0) is 15.3. The number of hydrogen-bond acceptors (Lipinski definition) is 3. The summed E-state index contributed by atoms with van der Waals surface area (Å²) in [5.41, 5.74) is -0.508. The molecule has 0 aliphatic carbocycles. The van der Waals surface area contributed by atoms with Gasteiger partial charge in [-0.1, -0.05) is 13.8 Å². The van der Waals surface area contributed by atoms with Gasteiger partial charge in [-0.3, -0.25) is 4.79 Å². The standard InChI is InChI=1S/C15H28N2O3.H2/c1-6-12(13(18)17-10-8-9-11(17)3)16-14(19)20-15(4,5)7-2;/h11-12H,6-10H2,1-5H3,(H,16,19);1H/t11?,12-;/m0./s1. The Morgan fingerprint density at radius 3 is 2.55 bits per heavy atom. The molecule has 118 valence electrons. The van der Waals surface area contributed by atoms with Gasteiger partial charge in [-0.15, -0.1) is 0 Å². The van der Waals surface area contributed by atoms with Crippen LogP contribution in [0, 0.1) is 0 Å². The largest absolute Gasteiger partial charge is 0.444 e. The van der Waals surface area contributed by atoms with Crippen LogP contribution in [0.25, 0.3) is 0 Å². The highest BCUT2D eigenvalue weighted by atomic mass is 16.6. The Morgan fingerprint density at radius 2 is 2.10 bits per heavy atom. The average Bonchev–Trinajstić information content (AvgIpc) is 2.81. The molecule has 1 fully saturated rings. The fraction of sp³-hybridized carbons (Fsp3) is 0.867. The van der Waals surface area contributed by atoms with Gasteiger partial charge in [-0.2, -0.15) is 0 Å². The first-order valence-corrected chi connectivity index (χ1v) is 7.60. The first-order chi connectivity index (χ1) is 9.30. The van der Waals surface area contributed by atoms with E-state index in [1.807, 2.05) is 32.6 Å². The Bertz CT molecular complexity index is 361. The zero-order valence-electron chi connectivity index (χ0n) is 13.4. The number of ether oxygens (including phenoxy) is 1. The lowest BCUT2D eigenvalue weighted by atomic mass is 10.1. The molecule has 0 spiro atoms. The summed E-state index contributed by atoms with van der Waals surface area (Å²) in [5.74, 6) is 0.00348. The van der Waals surface area contributed by atoms with Gasteiger partial charge in [0.1, 0.15) is 11.6 Å². The average molecular weight is 286 g/mol. The molecule has 5 nitrogen and oxygen atoms in total. The maximum Gasteiger partial charge on any atom is 0.408 e. The minimum atomic E-state index is -0.510. The van der Waals surface area contributed by atoms with Crippen molar-refractivity contribution in [2.24, 2.45) is 0 Å². The second kappa shape index (κ2) is 6.95. The molecule has 1 aliphatic rings. The second-order valence-electron chi connectivity index (χ2n) is 6.13. The van der Waals surface area contributed by atoms with Crippen LogP contribution in [-0.4, -0.2) is 41.1 Å². The van der Waals surface area contributed by atoms with Crippen molar-refractivity contribution in [3.8, 4) is 0 Å². The molecule has 1 N–H and O–H groups in total. The second-order valence-corrected chi connectivity index (χ2v) is 6.13. The molecular formula is C15H30N2O3. The Balaban J connectivity index is 0.00000400. The number of carbonyl (C=O) groups is 2. The quantitative estimate of drug-likeness (QED) is 0.845. The number of nitrogens with one attached hydrogen (secondary N) is 1. The van der Waals surface area contributed by atoms with E-state index in [1.165, 1.54) is 0 Å². The Morgan fingerprint density at radius 1 is 1.45 bits per heavy atom. The molecule has 1 saturated heterocycles. The molecule has 0 aromatic rings. The summed E-state index contributed by atoms with van der Waals surface area (Å²) in [7, 11) is 0. The molecule has 5 heteroatoms. The molecule has 0 saturated carbocycles. The summed E-state index contributed by atoms with van der Waals surface area (Å²) in [6, 6.07) is -0.225. The molecule has 2 amide bonds. The van der Waals surface area contributed by atoms with Gasteiger partial charge in [0, 0.05) is 14.0 Å². The first kappa shape index (κ1) is 16.8. The minimum Gasteiger partial charge on any atom is -0.444 e. The molecular weight excluding hydrogens is 256 g/mol. The number of nitrogens with zero attached hydrogens (tertiary/aromatic N) is 1. The highest BCUT2D eigenvalue weighted by molar-refractivity contribution is 5.86. The smallest absolute Gasteiger partial charge is 0.408 e. The lowest BCUT2D eigenvalue weighted by Crippen LogP contribution is -2.50. The molecule has 0 bridgehead atoms. The van der Waals surface area contributed by atoms with Gasteiger partial charge in [0.05, 0.1) is 0 Å². The molecule has 1 aliphatic heterocycles. The van der Waals surface area contributed by atoms with E-state index in [9.17, 15) is 9.59 Å². The van der Waals surface area contributed by atoms with Crippen molar-refractivity contribution in [1.82, 2.24) is 10.2 Å². The van der Waals surface area contributed by atoms with Crippen LogP contribution in [0.4, 0.5) is 4.79 Å². The SMILES string of the molecule is CC[C@H](NC(=O)OC(C)(C)CC)C(=O)N1CCCC1C.[HH]. The number of rotatable bonds is 5. The summed E-state index contributed by atoms with van der Waals surface area (Å²) < 4.78 is 5.34. The molecule has 1 rings (SSSR count). The Hall–Kier alpha value is -1.26. The van der Waals surface area contributed by atoms with E-state index < -0.39 is 17.7 Å². The number of hydrogen-bond donors (Lipinski definition) is 1. The minimum absolute atomic E-state index is 0. The van der Waals surface area contributed by atoms with Gasteiger partial charge in [0.25, 0.3) is 0 Å². The zero-order valence-corrected chi connectivity index (χ0v) is 13.4. The summed E-state index contributed by atoms with van der Waals surface area (Å²) in [5, 5.41) is 2.70. The molecule has 0 radical (unpaired) electrons. The predicted octanol–water partition coefficient (Wildman–Crippen LogP) is 2.94. The third kappa shape index (κ3) is 4.39. The maximum absolute atomic E-state index is 12.4. The van der Waals surface area contributed by atoms with Crippen molar-refractivity contribution < 1.29 is 15.8 Å². The van der Waals surface area contributed by atoms with E-state index in [2.05, 4.69) is 12.2 Å². The van der Waals surface area contributed by atoms with E-state index in [0.29, 0.717) is 6.42 Å². The predicted molar refractivity (Wildman–Crippen MR) is 80.6 cm³/mol. The van der Waals surface area contributed by atoms with Crippen LogP contribution in [-0.2, 0) is 9.53 Å². The van der Waals surface area contributed by atoms with E-state index in [-0.39, 0.29) is 13.4 Å². The van der Waals surface area contributed by atoms with E-state index in [4.69, 9.17) is 4.74 Å². The number of carbonyl (C=O) groups excluding carboxylic acids is 2. The van der Waals surface area contributed by atoms with Crippen molar-refractivity contribution in [3.05, 3.63) is 0 Å². The van der Waals surface area contributed by atoms with Crippen LogP contribution in [0.2, 0.25) is 0 Å². The van der Waals surface area contributed by atoms with Crippen molar-refractivity contribution in [2.45, 2.75) is 78.0 Å². The maximum atomic E-state index is 12.4. The van der Waals surface area contributed by atoms with Crippen LogP contribution in [0.3, 0.4) is 0 Å². The third-order valence-electron chi connectivity index (χ3n) is 4.05. The van der Waals surface area contributed by atoms with Gasteiger partial charge in [-0.05, 0) is 46.5 Å². The normalized spacial score (nSPS) is 20.6. The van der Waals surface area contributed by atoms with Gasteiger partial charge in [-0.25, -0.2) is 4.79 Å². The Kier molecular flexibility index (Phi) is 5.84. The summed E-state index contributed by atoms with van der Waals surface area (Å²) in [6.45, 7) is 10.4. The highest BCUT2D eigenvalue weighted by Crippen LogP contribution is 2.18. The van der Waals surface area contributed by atoms with E-state index in [1.54, 1.807) is 0 Å². The van der Waals surface area contributed by atoms with E-state index in [0.717, 1.165) is 25.8 Å². The van der Waals surface area contributed by atoms with Crippen LogP contribution in [0.1, 0.15) is 61.7 Å². The summed E-state index contributed by atoms with van der Waals surface area (Å²) in [6.07, 6.45) is 2.87. The van der Waals surface area contributed by atoms with Gasteiger partial charge in [0.15, 0.2) is 0 Å². The van der Waals surface area contributed by atoms with Crippen molar-refractivity contribution in [1.29, 1.82) is 0 Å². The fourth-order valence-electron chi connectivity index (χ4n) is 2.29. The van der Waals surface area contributed by atoms with Crippen molar-refractivity contribution in [2.75, 3.05) is 6.54 Å².